The second-order valence-corrected chi connectivity index (χ2v) is 15.4. The van der Waals surface area contributed by atoms with Crippen LogP contribution >= 0.6 is 0 Å². The molecule has 0 fully saturated rings. The number of rotatable bonds is 7. The van der Waals surface area contributed by atoms with Gasteiger partial charge in [-0.2, -0.15) is 0 Å². The lowest BCUT2D eigenvalue weighted by Crippen LogP contribution is -2.16. The van der Waals surface area contributed by atoms with Crippen molar-refractivity contribution in [2.24, 2.45) is 0 Å². The molecule has 1 aliphatic rings. The second-order valence-electron chi connectivity index (χ2n) is 15.4. The van der Waals surface area contributed by atoms with Crippen LogP contribution in [0.15, 0.2) is 212 Å². The Balaban J connectivity index is 1.10. The molecule has 1 heteroatoms. The van der Waals surface area contributed by atoms with Crippen molar-refractivity contribution >= 4 is 27.8 Å². The van der Waals surface area contributed by atoms with E-state index >= 15 is 0 Å². The number of anilines is 3. The summed E-state index contributed by atoms with van der Waals surface area (Å²) in [5, 5.41) is 2.52. The molecule has 0 unspecified atom stereocenters. The van der Waals surface area contributed by atoms with E-state index in [9.17, 15) is 0 Å². The molecular formula is C55H41N. The van der Waals surface area contributed by atoms with Crippen LogP contribution in [0.5, 0.6) is 0 Å². The van der Waals surface area contributed by atoms with Crippen LogP contribution in [0, 0.1) is 0 Å². The normalized spacial score (nSPS) is 12.6. The molecular weight excluding hydrogens is 675 g/mol. The number of hydrogen-bond donors (Lipinski definition) is 0. The zero-order chi connectivity index (χ0) is 37.6. The highest BCUT2D eigenvalue weighted by molar-refractivity contribution is 5.96. The number of benzene rings is 9. The van der Waals surface area contributed by atoms with E-state index in [0.717, 1.165) is 11.4 Å². The van der Waals surface area contributed by atoms with Gasteiger partial charge in [-0.15, -0.1) is 0 Å². The van der Waals surface area contributed by atoms with Crippen LogP contribution in [0.4, 0.5) is 17.1 Å². The fraction of sp³-hybridized carbons (Fsp3) is 0.0545. The van der Waals surface area contributed by atoms with Crippen LogP contribution in [-0.2, 0) is 5.41 Å². The van der Waals surface area contributed by atoms with Gasteiger partial charge in [-0.25, -0.2) is 0 Å². The molecule has 0 amide bonds. The van der Waals surface area contributed by atoms with Gasteiger partial charge in [-0.05, 0) is 114 Å². The summed E-state index contributed by atoms with van der Waals surface area (Å²) in [5.74, 6) is 0. The van der Waals surface area contributed by atoms with Crippen molar-refractivity contribution in [1.82, 2.24) is 0 Å². The standard InChI is InChI=1S/C55H41N/c1-55(2)51-25-9-8-24-50(51)54-52(55)26-13-27-53(54)56(49-23-12-21-46(37-49)44-19-10-18-43(34-44)38-14-4-3-5-15-38)48-22-11-20-45(36-48)40-28-30-41(31-29-40)47-33-32-39-16-6-7-17-42(39)35-47/h3-37H,1-2H3. The number of hydrogen-bond acceptors (Lipinski definition) is 1. The van der Waals surface area contributed by atoms with Crippen molar-refractivity contribution in [2.45, 2.75) is 19.3 Å². The molecule has 0 saturated carbocycles. The molecule has 0 aromatic heterocycles. The molecule has 0 bridgehead atoms. The van der Waals surface area contributed by atoms with Crippen LogP contribution in [0.3, 0.4) is 0 Å². The lowest BCUT2D eigenvalue weighted by atomic mass is 9.82. The van der Waals surface area contributed by atoms with E-state index in [0.29, 0.717) is 0 Å². The fourth-order valence-electron chi connectivity index (χ4n) is 8.73. The Hall–Kier alpha value is -6.96. The summed E-state index contributed by atoms with van der Waals surface area (Å²) >= 11 is 0. The Morgan fingerprint density at radius 2 is 0.786 bits per heavy atom. The summed E-state index contributed by atoms with van der Waals surface area (Å²) in [6.45, 7) is 4.71. The SMILES string of the molecule is CC1(C)c2ccccc2-c2c(N(c3cccc(-c4ccc(-c5ccc6ccccc6c5)cc4)c3)c3cccc(-c4cccc(-c5ccccc5)c4)c3)cccc21. The minimum Gasteiger partial charge on any atom is -0.310 e. The Labute approximate surface area is 329 Å². The molecule has 1 aliphatic carbocycles. The van der Waals surface area contributed by atoms with Crippen molar-refractivity contribution in [3.05, 3.63) is 223 Å². The molecule has 0 aliphatic heterocycles. The van der Waals surface area contributed by atoms with Crippen LogP contribution < -0.4 is 4.90 Å². The third-order valence-corrected chi connectivity index (χ3v) is 11.6. The molecule has 1 nitrogen and oxygen atoms in total. The fourth-order valence-corrected chi connectivity index (χ4v) is 8.73. The highest BCUT2D eigenvalue weighted by Crippen LogP contribution is 2.54. The van der Waals surface area contributed by atoms with Gasteiger partial charge in [0.15, 0.2) is 0 Å². The van der Waals surface area contributed by atoms with Gasteiger partial charge >= 0.3 is 0 Å². The number of fused-ring (bicyclic) bond motifs is 4. The van der Waals surface area contributed by atoms with E-state index in [1.54, 1.807) is 0 Å². The zero-order valence-corrected chi connectivity index (χ0v) is 31.7. The second kappa shape index (κ2) is 13.7. The molecule has 0 N–H and O–H groups in total. The average molecular weight is 716 g/mol. The van der Waals surface area contributed by atoms with Gasteiger partial charge < -0.3 is 4.90 Å². The van der Waals surface area contributed by atoms with Crippen molar-refractivity contribution in [3.63, 3.8) is 0 Å². The first-order chi connectivity index (χ1) is 27.5. The van der Waals surface area contributed by atoms with Gasteiger partial charge in [0.05, 0.1) is 5.69 Å². The van der Waals surface area contributed by atoms with E-state index in [-0.39, 0.29) is 5.41 Å². The number of nitrogens with zero attached hydrogens (tertiary/aromatic N) is 1. The quantitative estimate of drug-likeness (QED) is 0.159. The molecule has 0 radical (unpaired) electrons. The first-order valence-corrected chi connectivity index (χ1v) is 19.5. The molecule has 266 valence electrons. The van der Waals surface area contributed by atoms with Crippen molar-refractivity contribution < 1.29 is 0 Å². The average Bonchev–Trinajstić information content (AvgIpc) is 3.50. The van der Waals surface area contributed by atoms with Gasteiger partial charge in [0.1, 0.15) is 0 Å². The van der Waals surface area contributed by atoms with Crippen molar-refractivity contribution in [3.8, 4) is 55.6 Å². The summed E-state index contributed by atoms with van der Waals surface area (Å²) < 4.78 is 0. The molecule has 0 atom stereocenters. The van der Waals surface area contributed by atoms with Gasteiger partial charge in [0, 0.05) is 22.4 Å². The summed E-state index contributed by atoms with van der Waals surface area (Å²) in [4.78, 5) is 2.47. The Morgan fingerprint density at radius 3 is 1.50 bits per heavy atom. The van der Waals surface area contributed by atoms with Crippen LogP contribution in [-0.4, -0.2) is 0 Å². The smallest absolute Gasteiger partial charge is 0.0543 e. The minimum absolute atomic E-state index is 0.109. The summed E-state index contributed by atoms with van der Waals surface area (Å²) in [7, 11) is 0. The third-order valence-electron chi connectivity index (χ3n) is 11.6. The topological polar surface area (TPSA) is 3.24 Å². The van der Waals surface area contributed by atoms with Crippen LogP contribution in [0.25, 0.3) is 66.4 Å². The largest absolute Gasteiger partial charge is 0.310 e. The molecule has 56 heavy (non-hydrogen) atoms. The summed E-state index contributed by atoms with van der Waals surface area (Å²) in [6, 6.07) is 77.6. The van der Waals surface area contributed by atoms with E-state index in [2.05, 4.69) is 231 Å². The summed E-state index contributed by atoms with van der Waals surface area (Å²) in [5.41, 5.74) is 18.2. The molecule has 0 spiro atoms. The maximum atomic E-state index is 2.47. The molecule has 0 saturated heterocycles. The minimum atomic E-state index is -0.109. The van der Waals surface area contributed by atoms with Gasteiger partial charge in [-0.1, -0.05) is 184 Å². The molecule has 9 aromatic carbocycles. The Kier molecular flexibility index (Phi) is 8.23. The summed E-state index contributed by atoms with van der Waals surface area (Å²) in [6.07, 6.45) is 0. The third kappa shape index (κ3) is 5.90. The van der Waals surface area contributed by atoms with Gasteiger partial charge in [0.25, 0.3) is 0 Å². The molecule has 0 heterocycles. The maximum Gasteiger partial charge on any atom is 0.0543 e. The van der Waals surface area contributed by atoms with Gasteiger partial charge in [-0.3, -0.25) is 0 Å². The van der Waals surface area contributed by atoms with E-state index in [1.165, 1.54) is 83.2 Å². The Morgan fingerprint density at radius 1 is 0.321 bits per heavy atom. The lowest BCUT2D eigenvalue weighted by Gasteiger charge is -2.29. The predicted octanol–water partition coefficient (Wildman–Crippen LogP) is 15.3. The van der Waals surface area contributed by atoms with Gasteiger partial charge in [0.2, 0.25) is 0 Å². The monoisotopic (exact) mass is 715 g/mol. The van der Waals surface area contributed by atoms with E-state index < -0.39 is 0 Å². The van der Waals surface area contributed by atoms with Crippen molar-refractivity contribution in [1.29, 1.82) is 0 Å². The Bertz CT molecular complexity index is 2880. The van der Waals surface area contributed by atoms with Crippen molar-refractivity contribution in [2.75, 3.05) is 4.90 Å². The molecule has 10 rings (SSSR count). The zero-order valence-electron chi connectivity index (χ0n) is 31.7. The van der Waals surface area contributed by atoms with E-state index in [1.807, 2.05) is 0 Å². The van der Waals surface area contributed by atoms with Crippen LogP contribution in [0.2, 0.25) is 0 Å². The molecule has 9 aromatic rings. The highest BCUT2D eigenvalue weighted by atomic mass is 15.1. The first kappa shape index (κ1) is 33.6. The maximum absolute atomic E-state index is 2.47. The highest BCUT2D eigenvalue weighted by Gasteiger charge is 2.37. The van der Waals surface area contributed by atoms with E-state index in [4.69, 9.17) is 0 Å². The van der Waals surface area contributed by atoms with Crippen LogP contribution in [0.1, 0.15) is 25.0 Å². The predicted molar refractivity (Wildman–Crippen MR) is 238 cm³/mol. The lowest BCUT2D eigenvalue weighted by molar-refractivity contribution is 0.660. The first-order valence-electron chi connectivity index (χ1n) is 19.5.